The van der Waals surface area contributed by atoms with E-state index in [4.69, 9.17) is 5.11 Å². The van der Waals surface area contributed by atoms with Crippen LogP contribution < -0.4 is 5.32 Å². The number of alkyl carbamates (subject to hydrolysis) is 1. The van der Waals surface area contributed by atoms with Crippen LogP contribution in [0, 0.1) is 11.7 Å². The van der Waals surface area contributed by atoms with Crippen molar-refractivity contribution >= 4 is 12.1 Å². The number of carboxylic acid groups (broad SMARTS) is 1. The molecule has 0 aromatic heterocycles. The largest absolute Gasteiger partial charge is 0.481 e. The van der Waals surface area contributed by atoms with E-state index in [1.165, 1.54) is 30.3 Å². The van der Waals surface area contributed by atoms with E-state index in [1.54, 1.807) is 0 Å². The lowest BCUT2D eigenvalue weighted by atomic mass is 9.99. The lowest BCUT2D eigenvalue weighted by Gasteiger charge is -2.13. The summed E-state index contributed by atoms with van der Waals surface area (Å²) < 4.78 is 17.4. The Balaban J connectivity index is 2.52. The first-order valence-corrected chi connectivity index (χ1v) is 6.01. The fourth-order valence-corrected chi connectivity index (χ4v) is 1.54. The van der Waals surface area contributed by atoms with Crippen molar-refractivity contribution in [3.05, 3.63) is 48.3 Å². The van der Waals surface area contributed by atoms with E-state index >= 15 is 0 Å². The molecule has 1 aromatic carbocycles. The fraction of sp³-hybridized carbons (Fsp3) is 0.286. The normalized spacial score (nSPS) is 11.4. The molecule has 5 nitrogen and oxygen atoms in total. The van der Waals surface area contributed by atoms with Crippen molar-refractivity contribution in [2.45, 2.75) is 6.42 Å². The van der Waals surface area contributed by atoms with Crippen LogP contribution in [0.2, 0.25) is 0 Å². The summed E-state index contributed by atoms with van der Waals surface area (Å²) in [4.78, 5) is 22.3. The zero-order valence-electron chi connectivity index (χ0n) is 10.8. The first kappa shape index (κ1) is 15.7. The molecule has 1 atom stereocenters. The summed E-state index contributed by atoms with van der Waals surface area (Å²) in [5.74, 6) is -2.23. The van der Waals surface area contributed by atoms with Crippen LogP contribution in [-0.4, -0.2) is 30.3 Å². The van der Waals surface area contributed by atoms with Gasteiger partial charge in [0.2, 0.25) is 0 Å². The maximum absolute atomic E-state index is 12.8. The van der Waals surface area contributed by atoms with E-state index in [-0.39, 0.29) is 25.4 Å². The number of amides is 1. The Kier molecular flexibility index (Phi) is 6.22. The summed E-state index contributed by atoms with van der Waals surface area (Å²) >= 11 is 0. The molecule has 0 radical (unpaired) electrons. The van der Waals surface area contributed by atoms with Crippen LogP contribution in [0.1, 0.15) is 5.56 Å². The van der Waals surface area contributed by atoms with E-state index in [0.29, 0.717) is 5.56 Å². The third-order valence-corrected chi connectivity index (χ3v) is 2.57. The molecule has 1 rings (SSSR count). The van der Waals surface area contributed by atoms with Gasteiger partial charge in [0, 0.05) is 6.54 Å². The first-order chi connectivity index (χ1) is 9.52. The lowest BCUT2D eigenvalue weighted by Crippen LogP contribution is -2.34. The Morgan fingerprint density at radius 2 is 2.05 bits per heavy atom. The molecule has 2 N–H and O–H groups in total. The van der Waals surface area contributed by atoms with E-state index in [2.05, 4.69) is 16.6 Å². The molecule has 1 unspecified atom stereocenters. The average molecular weight is 281 g/mol. The minimum absolute atomic E-state index is 0.0571. The predicted molar refractivity (Wildman–Crippen MR) is 70.8 cm³/mol. The van der Waals surface area contributed by atoms with Crippen molar-refractivity contribution in [3.63, 3.8) is 0 Å². The minimum Gasteiger partial charge on any atom is -0.481 e. The number of hydrogen-bond donors (Lipinski definition) is 2. The molecule has 0 bridgehead atoms. The number of rotatable bonds is 7. The van der Waals surface area contributed by atoms with Gasteiger partial charge in [-0.2, -0.15) is 0 Å². The first-order valence-electron chi connectivity index (χ1n) is 6.01. The van der Waals surface area contributed by atoms with E-state index < -0.39 is 18.0 Å². The minimum atomic E-state index is -1.04. The van der Waals surface area contributed by atoms with Gasteiger partial charge in [-0.3, -0.25) is 4.79 Å². The lowest BCUT2D eigenvalue weighted by molar-refractivity contribution is -0.141. The molecule has 0 aliphatic heterocycles. The molecule has 0 spiro atoms. The van der Waals surface area contributed by atoms with Gasteiger partial charge in [-0.05, 0) is 24.1 Å². The number of carboxylic acids is 1. The molecule has 0 aliphatic rings. The van der Waals surface area contributed by atoms with Crippen LogP contribution >= 0.6 is 0 Å². The summed E-state index contributed by atoms with van der Waals surface area (Å²) in [5.41, 5.74) is 0.681. The summed E-state index contributed by atoms with van der Waals surface area (Å²) in [5, 5.41) is 11.5. The molecule has 0 saturated carbocycles. The van der Waals surface area contributed by atoms with E-state index in [1.807, 2.05) is 0 Å². The highest BCUT2D eigenvalue weighted by Crippen LogP contribution is 2.10. The van der Waals surface area contributed by atoms with Crippen LogP contribution in [0.15, 0.2) is 36.9 Å². The van der Waals surface area contributed by atoms with Gasteiger partial charge in [0.05, 0.1) is 5.92 Å². The predicted octanol–water partition coefficient (Wildman–Crippen LogP) is 1.98. The number of nitrogens with one attached hydrogen (secondary N) is 1. The smallest absolute Gasteiger partial charge is 0.407 e. The Labute approximate surface area is 116 Å². The molecule has 6 heteroatoms. The van der Waals surface area contributed by atoms with E-state index in [9.17, 15) is 14.0 Å². The van der Waals surface area contributed by atoms with Gasteiger partial charge in [-0.15, -0.1) is 0 Å². The zero-order valence-corrected chi connectivity index (χ0v) is 10.8. The Hall–Kier alpha value is -2.37. The quantitative estimate of drug-likeness (QED) is 0.749. The monoisotopic (exact) mass is 281 g/mol. The van der Waals surface area contributed by atoms with Crippen molar-refractivity contribution in [1.82, 2.24) is 5.32 Å². The Morgan fingerprint density at radius 3 is 2.60 bits per heavy atom. The number of carbonyl (C=O) groups excluding carboxylic acids is 1. The highest BCUT2D eigenvalue weighted by Gasteiger charge is 2.19. The number of ether oxygens (including phenoxy) is 1. The van der Waals surface area contributed by atoms with Gasteiger partial charge in [0.15, 0.2) is 0 Å². The SMILES string of the molecule is C=CCOC(=O)NCC(Cc1ccc(F)cc1)C(=O)O. The molecule has 0 aliphatic carbocycles. The molecule has 0 saturated heterocycles. The third kappa shape index (κ3) is 5.51. The molecule has 20 heavy (non-hydrogen) atoms. The van der Waals surface area contributed by atoms with Crippen molar-refractivity contribution < 1.29 is 23.8 Å². The highest BCUT2D eigenvalue weighted by molar-refractivity contribution is 5.72. The number of benzene rings is 1. The summed E-state index contributed by atoms with van der Waals surface area (Å²) in [7, 11) is 0. The van der Waals surface area contributed by atoms with Crippen LogP contribution in [-0.2, 0) is 16.0 Å². The molecule has 0 heterocycles. The fourth-order valence-electron chi connectivity index (χ4n) is 1.54. The summed E-state index contributed by atoms with van der Waals surface area (Å²) in [6.45, 7) is 3.38. The van der Waals surface area contributed by atoms with Crippen LogP contribution in [0.25, 0.3) is 0 Å². The topological polar surface area (TPSA) is 75.6 Å². The van der Waals surface area contributed by atoms with Gasteiger partial charge in [-0.1, -0.05) is 24.8 Å². The number of hydrogen-bond acceptors (Lipinski definition) is 3. The second-order valence-corrected chi connectivity index (χ2v) is 4.13. The van der Waals surface area contributed by atoms with Gasteiger partial charge >= 0.3 is 12.1 Å². The van der Waals surface area contributed by atoms with Gasteiger partial charge in [0.25, 0.3) is 0 Å². The second-order valence-electron chi connectivity index (χ2n) is 4.13. The van der Waals surface area contributed by atoms with E-state index in [0.717, 1.165) is 0 Å². The molecule has 0 fully saturated rings. The molecule has 108 valence electrons. The average Bonchev–Trinajstić information content (AvgIpc) is 2.42. The molecular formula is C14H16FNO4. The van der Waals surface area contributed by atoms with Gasteiger partial charge in [-0.25, -0.2) is 9.18 Å². The standard InChI is InChI=1S/C14H16FNO4/c1-2-7-20-14(19)16-9-11(13(17)18)8-10-3-5-12(15)6-4-10/h2-6,11H,1,7-9H2,(H,16,19)(H,17,18). The molecule has 1 amide bonds. The van der Waals surface area contributed by atoms with Crippen LogP contribution in [0.5, 0.6) is 0 Å². The number of carbonyl (C=O) groups is 2. The Bertz CT molecular complexity index is 473. The third-order valence-electron chi connectivity index (χ3n) is 2.57. The Morgan fingerprint density at radius 1 is 1.40 bits per heavy atom. The number of halogens is 1. The van der Waals surface area contributed by atoms with Crippen LogP contribution in [0.4, 0.5) is 9.18 Å². The molecular weight excluding hydrogens is 265 g/mol. The van der Waals surface area contributed by atoms with Gasteiger partial charge < -0.3 is 15.2 Å². The van der Waals surface area contributed by atoms with Crippen molar-refractivity contribution in [2.75, 3.05) is 13.2 Å². The summed E-state index contributed by atoms with van der Waals surface area (Å²) in [6, 6.07) is 5.56. The summed E-state index contributed by atoms with van der Waals surface area (Å²) in [6.07, 6.45) is 0.902. The number of aliphatic carboxylic acids is 1. The van der Waals surface area contributed by atoms with Crippen LogP contribution in [0.3, 0.4) is 0 Å². The van der Waals surface area contributed by atoms with Crippen molar-refractivity contribution in [3.8, 4) is 0 Å². The maximum atomic E-state index is 12.8. The van der Waals surface area contributed by atoms with Crippen molar-refractivity contribution in [2.24, 2.45) is 5.92 Å². The zero-order chi connectivity index (χ0) is 15.0. The second kappa shape index (κ2) is 7.93. The maximum Gasteiger partial charge on any atom is 0.407 e. The van der Waals surface area contributed by atoms with Crippen molar-refractivity contribution in [1.29, 1.82) is 0 Å². The highest BCUT2D eigenvalue weighted by atomic mass is 19.1. The van der Waals surface area contributed by atoms with Gasteiger partial charge in [0.1, 0.15) is 12.4 Å². The molecule has 1 aromatic rings.